The number of hydrogen-bond donors (Lipinski definition) is 1. The first-order valence-electron chi connectivity index (χ1n) is 7.12. The van der Waals surface area contributed by atoms with Gasteiger partial charge in [0.25, 0.3) is 0 Å². The van der Waals surface area contributed by atoms with E-state index in [2.05, 4.69) is 37.8 Å². The molecule has 1 atom stereocenters. The van der Waals surface area contributed by atoms with Gasteiger partial charge in [-0.15, -0.1) is 0 Å². The Kier molecular flexibility index (Phi) is 7.55. The summed E-state index contributed by atoms with van der Waals surface area (Å²) in [5.74, 6) is 4.54. The van der Waals surface area contributed by atoms with Crippen molar-refractivity contribution < 1.29 is 0 Å². The van der Waals surface area contributed by atoms with E-state index in [0.29, 0.717) is 0 Å². The highest BCUT2D eigenvalue weighted by molar-refractivity contribution is 7.99. The van der Waals surface area contributed by atoms with Gasteiger partial charge < -0.3 is 5.32 Å². The molecule has 0 radical (unpaired) electrons. The molecule has 0 heterocycles. The summed E-state index contributed by atoms with van der Waals surface area (Å²) in [6, 6.07) is 0.771. The Hall–Kier alpha value is 0.310. The first kappa shape index (κ1) is 14.4. The molecule has 1 fully saturated rings. The molecule has 1 unspecified atom stereocenters. The minimum Gasteiger partial charge on any atom is -0.313 e. The van der Waals surface area contributed by atoms with Crippen molar-refractivity contribution in [2.75, 3.05) is 18.1 Å². The van der Waals surface area contributed by atoms with Crippen LogP contribution in [0.1, 0.15) is 52.9 Å². The van der Waals surface area contributed by atoms with Crippen molar-refractivity contribution in [2.45, 2.75) is 58.9 Å². The van der Waals surface area contributed by atoms with Gasteiger partial charge in [-0.3, -0.25) is 0 Å². The molecule has 96 valence electrons. The smallest absolute Gasteiger partial charge is 0.0186 e. The quantitative estimate of drug-likeness (QED) is 0.727. The van der Waals surface area contributed by atoms with Crippen molar-refractivity contribution in [3.05, 3.63) is 0 Å². The van der Waals surface area contributed by atoms with Gasteiger partial charge in [0.05, 0.1) is 0 Å². The molecule has 0 aromatic heterocycles. The van der Waals surface area contributed by atoms with E-state index in [4.69, 9.17) is 0 Å². The average Bonchev–Trinajstić information content (AvgIpc) is 2.35. The van der Waals surface area contributed by atoms with Crippen LogP contribution in [-0.2, 0) is 0 Å². The van der Waals surface area contributed by atoms with E-state index in [-0.39, 0.29) is 0 Å². The Bertz CT molecular complexity index is 164. The molecular formula is C14H29NS. The maximum absolute atomic E-state index is 3.70. The molecule has 0 aromatic rings. The van der Waals surface area contributed by atoms with Gasteiger partial charge in [0.2, 0.25) is 0 Å². The lowest BCUT2D eigenvalue weighted by Gasteiger charge is -2.34. The van der Waals surface area contributed by atoms with Crippen molar-refractivity contribution in [2.24, 2.45) is 11.8 Å². The van der Waals surface area contributed by atoms with Crippen LogP contribution in [0.2, 0.25) is 0 Å². The van der Waals surface area contributed by atoms with E-state index >= 15 is 0 Å². The Balaban J connectivity index is 2.33. The fraction of sp³-hybridized carbons (Fsp3) is 1.00. The lowest BCUT2D eigenvalue weighted by atomic mass is 9.78. The van der Waals surface area contributed by atoms with Crippen LogP contribution in [0.3, 0.4) is 0 Å². The predicted molar refractivity (Wildman–Crippen MR) is 76.2 cm³/mol. The van der Waals surface area contributed by atoms with E-state index in [1.54, 1.807) is 0 Å². The molecule has 1 N–H and O–H groups in total. The summed E-state index contributed by atoms with van der Waals surface area (Å²) in [7, 11) is 0. The van der Waals surface area contributed by atoms with Gasteiger partial charge >= 0.3 is 0 Å². The van der Waals surface area contributed by atoms with Crippen LogP contribution in [0.4, 0.5) is 0 Å². The lowest BCUT2D eigenvalue weighted by Crippen LogP contribution is -2.40. The van der Waals surface area contributed by atoms with Gasteiger partial charge in [0, 0.05) is 11.8 Å². The van der Waals surface area contributed by atoms with Crippen molar-refractivity contribution in [3.63, 3.8) is 0 Å². The van der Waals surface area contributed by atoms with E-state index in [1.807, 2.05) is 0 Å². The fourth-order valence-electron chi connectivity index (χ4n) is 2.87. The van der Waals surface area contributed by atoms with Crippen LogP contribution in [0.5, 0.6) is 0 Å². The second kappa shape index (κ2) is 8.41. The van der Waals surface area contributed by atoms with Gasteiger partial charge in [-0.2, -0.15) is 11.8 Å². The third kappa shape index (κ3) is 4.67. The van der Waals surface area contributed by atoms with Gasteiger partial charge in [-0.25, -0.2) is 0 Å². The largest absolute Gasteiger partial charge is 0.313 e. The molecule has 0 saturated heterocycles. The van der Waals surface area contributed by atoms with Crippen LogP contribution in [0.15, 0.2) is 0 Å². The van der Waals surface area contributed by atoms with Crippen molar-refractivity contribution in [3.8, 4) is 0 Å². The summed E-state index contributed by atoms with van der Waals surface area (Å²) in [4.78, 5) is 0. The van der Waals surface area contributed by atoms with E-state index < -0.39 is 0 Å². The van der Waals surface area contributed by atoms with Gasteiger partial charge in [0.1, 0.15) is 0 Å². The maximum atomic E-state index is 3.70. The molecule has 16 heavy (non-hydrogen) atoms. The molecule has 1 saturated carbocycles. The maximum Gasteiger partial charge on any atom is 0.0186 e. The standard InChI is InChI=1S/C14H29NS/c1-4-12-7-9-13(10-8-12)14(15-5-2)11-16-6-3/h12-15H,4-11H2,1-3H3. The molecule has 1 nitrogen and oxygen atoms in total. The van der Waals surface area contributed by atoms with Crippen LogP contribution in [0, 0.1) is 11.8 Å². The zero-order valence-corrected chi connectivity index (χ0v) is 12.1. The molecule has 0 aromatic carbocycles. The van der Waals surface area contributed by atoms with Gasteiger partial charge in [-0.05, 0) is 37.0 Å². The molecule has 0 amide bonds. The highest BCUT2D eigenvalue weighted by Crippen LogP contribution is 2.33. The molecule has 0 spiro atoms. The second-order valence-corrected chi connectivity index (χ2v) is 6.33. The van der Waals surface area contributed by atoms with E-state index in [0.717, 1.165) is 24.4 Å². The molecular weight excluding hydrogens is 214 g/mol. The summed E-state index contributed by atoms with van der Waals surface area (Å²) in [5, 5.41) is 3.70. The molecule has 1 aliphatic rings. The molecule has 1 rings (SSSR count). The Labute approximate surface area is 106 Å². The number of rotatable bonds is 7. The Morgan fingerprint density at radius 3 is 2.31 bits per heavy atom. The average molecular weight is 243 g/mol. The van der Waals surface area contributed by atoms with E-state index in [1.165, 1.54) is 43.6 Å². The van der Waals surface area contributed by atoms with Crippen LogP contribution < -0.4 is 5.32 Å². The number of nitrogens with one attached hydrogen (secondary N) is 1. The van der Waals surface area contributed by atoms with Crippen molar-refractivity contribution in [1.82, 2.24) is 5.32 Å². The molecule has 0 aliphatic heterocycles. The first-order chi connectivity index (χ1) is 7.81. The first-order valence-corrected chi connectivity index (χ1v) is 8.28. The SMILES string of the molecule is CCNC(CSCC)C1CCC(CC)CC1. The van der Waals surface area contributed by atoms with Crippen LogP contribution in [0.25, 0.3) is 0 Å². The molecule has 2 heteroatoms. The topological polar surface area (TPSA) is 12.0 Å². The normalized spacial score (nSPS) is 27.9. The highest BCUT2D eigenvalue weighted by atomic mass is 32.2. The van der Waals surface area contributed by atoms with Crippen LogP contribution in [-0.4, -0.2) is 24.1 Å². The third-order valence-electron chi connectivity index (χ3n) is 4.01. The second-order valence-electron chi connectivity index (χ2n) is 5.01. The monoisotopic (exact) mass is 243 g/mol. The third-order valence-corrected chi connectivity index (χ3v) is 5.01. The van der Waals surface area contributed by atoms with Gasteiger partial charge in [-0.1, -0.05) is 40.0 Å². The van der Waals surface area contributed by atoms with Crippen molar-refractivity contribution in [1.29, 1.82) is 0 Å². The number of hydrogen-bond acceptors (Lipinski definition) is 2. The van der Waals surface area contributed by atoms with Crippen molar-refractivity contribution >= 4 is 11.8 Å². The summed E-state index contributed by atoms with van der Waals surface area (Å²) >= 11 is 2.09. The van der Waals surface area contributed by atoms with Gasteiger partial charge in [0.15, 0.2) is 0 Å². The zero-order valence-electron chi connectivity index (χ0n) is 11.3. The summed E-state index contributed by atoms with van der Waals surface area (Å²) in [6.07, 6.45) is 7.25. The zero-order chi connectivity index (χ0) is 11.8. The van der Waals surface area contributed by atoms with Crippen LogP contribution >= 0.6 is 11.8 Å². The summed E-state index contributed by atoms with van der Waals surface area (Å²) in [6.45, 7) is 7.98. The fourth-order valence-corrected chi connectivity index (χ4v) is 3.75. The predicted octanol–water partition coefficient (Wildman–Crippen LogP) is 3.93. The molecule has 1 aliphatic carbocycles. The molecule has 0 bridgehead atoms. The minimum absolute atomic E-state index is 0.771. The summed E-state index contributed by atoms with van der Waals surface area (Å²) in [5.41, 5.74) is 0. The Morgan fingerprint density at radius 1 is 1.12 bits per heavy atom. The Morgan fingerprint density at radius 2 is 1.81 bits per heavy atom. The highest BCUT2D eigenvalue weighted by Gasteiger charge is 2.26. The van der Waals surface area contributed by atoms with E-state index in [9.17, 15) is 0 Å². The minimum atomic E-state index is 0.771. The lowest BCUT2D eigenvalue weighted by molar-refractivity contribution is 0.229. The number of thioether (sulfide) groups is 1. The summed E-state index contributed by atoms with van der Waals surface area (Å²) < 4.78 is 0.